The predicted octanol–water partition coefficient (Wildman–Crippen LogP) is 5.84. The lowest BCUT2D eigenvalue weighted by Crippen LogP contribution is -2.30. The molecule has 7 nitrogen and oxygen atoms in total. The summed E-state index contributed by atoms with van der Waals surface area (Å²) >= 11 is 0. The first kappa shape index (κ1) is 31.2. The average Bonchev–Trinajstić information content (AvgIpc) is 3.00. The van der Waals surface area contributed by atoms with Gasteiger partial charge in [0.2, 0.25) is 0 Å². The minimum Gasteiger partial charge on any atom is -0.469 e. The van der Waals surface area contributed by atoms with Crippen molar-refractivity contribution in [2.75, 3.05) is 20.3 Å². The molecule has 0 saturated heterocycles. The molecule has 40 heavy (non-hydrogen) atoms. The maximum absolute atomic E-state index is 12.9. The van der Waals surface area contributed by atoms with Gasteiger partial charge >= 0.3 is 11.9 Å². The fourth-order valence-electron chi connectivity index (χ4n) is 7.91. The van der Waals surface area contributed by atoms with Crippen molar-refractivity contribution in [1.82, 2.24) is 0 Å². The molecule has 0 aliphatic heterocycles. The molecule has 0 aromatic heterocycles. The van der Waals surface area contributed by atoms with Crippen LogP contribution in [0.5, 0.6) is 0 Å². The van der Waals surface area contributed by atoms with Gasteiger partial charge in [0.05, 0.1) is 25.6 Å². The molecule has 4 saturated carbocycles. The highest BCUT2D eigenvalue weighted by Crippen LogP contribution is 2.37. The van der Waals surface area contributed by atoms with E-state index in [-0.39, 0.29) is 42.2 Å². The van der Waals surface area contributed by atoms with Gasteiger partial charge in [-0.1, -0.05) is 0 Å². The van der Waals surface area contributed by atoms with Gasteiger partial charge < -0.3 is 14.6 Å². The maximum Gasteiger partial charge on any atom is 0.308 e. The minimum atomic E-state index is -0.142. The number of methoxy groups -OCH3 is 1. The number of aliphatic hydroxyl groups is 1. The first-order chi connectivity index (χ1) is 19.4. The standard InChI is InChI=1S/C33H52O7/c1-39-32(37)28-14-10-26(11-15-28)31(36)19-23-4-8-25(9-5-23)21-40-33(38)29-16-12-27(13-17-29)30(35)18-22-2-6-24(20-34)7-3-22/h22-29,34H,2-21H2,1H3. The van der Waals surface area contributed by atoms with Crippen LogP contribution >= 0.6 is 0 Å². The average molecular weight is 561 g/mol. The van der Waals surface area contributed by atoms with Gasteiger partial charge in [-0.2, -0.15) is 0 Å². The largest absolute Gasteiger partial charge is 0.469 e. The molecular formula is C33H52O7. The summed E-state index contributed by atoms with van der Waals surface area (Å²) in [5.74, 6) is 2.28. The summed E-state index contributed by atoms with van der Waals surface area (Å²) in [6, 6.07) is 0. The summed E-state index contributed by atoms with van der Waals surface area (Å²) < 4.78 is 10.6. The quantitative estimate of drug-likeness (QED) is 0.316. The second-order valence-electron chi connectivity index (χ2n) is 13.5. The lowest BCUT2D eigenvalue weighted by atomic mass is 9.75. The number of carbonyl (C=O) groups is 4. The molecular weight excluding hydrogens is 508 g/mol. The molecule has 4 fully saturated rings. The number of Topliss-reactive ketones (excluding diaryl/α,β-unsaturated/α-hetero) is 2. The summed E-state index contributed by atoms with van der Waals surface area (Å²) in [6.07, 6.45) is 15.7. The molecule has 4 aliphatic carbocycles. The number of ketones is 2. The Hall–Kier alpha value is -1.76. The van der Waals surface area contributed by atoms with Crippen LogP contribution in [0.1, 0.15) is 116 Å². The van der Waals surface area contributed by atoms with Crippen LogP contribution in [0.25, 0.3) is 0 Å². The summed E-state index contributed by atoms with van der Waals surface area (Å²) in [6.45, 7) is 0.748. The number of esters is 2. The molecule has 0 heterocycles. The second-order valence-corrected chi connectivity index (χ2v) is 13.5. The molecule has 0 aromatic carbocycles. The van der Waals surface area contributed by atoms with Gasteiger partial charge in [-0.05, 0) is 126 Å². The number of rotatable bonds is 11. The van der Waals surface area contributed by atoms with E-state index in [1.165, 1.54) is 7.11 Å². The van der Waals surface area contributed by atoms with Crippen LogP contribution in [0, 0.1) is 47.3 Å². The van der Waals surface area contributed by atoms with Crippen LogP contribution in [-0.4, -0.2) is 48.9 Å². The Morgan fingerprint density at radius 1 is 0.525 bits per heavy atom. The van der Waals surface area contributed by atoms with Crippen LogP contribution in [0.3, 0.4) is 0 Å². The second kappa shape index (κ2) is 15.5. The van der Waals surface area contributed by atoms with E-state index in [0.29, 0.717) is 54.7 Å². The van der Waals surface area contributed by atoms with E-state index in [2.05, 4.69) is 0 Å². The Morgan fingerprint density at radius 3 is 1.32 bits per heavy atom. The van der Waals surface area contributed by atoms with Crippen LogP contribution in [-0.2, 0) is 28.7 Å². The van der Waals surface area contributed by atoms with Crippen molar-refractivity contribution in [3.8, 4) is 0 Å². The molecule has 226 valence electrons. The highest BCUT2D eigenvalue weighted by atomic mass is 16.5. The van der Waals surface area contributed by atoms with Crippen LogP contribution in [0.4, 0.5) is 0 Å². The zero-order valence-corrected chi connectivity index (χ0v) is 24.7. The Labute approximate surface area is 240 Å². The monoisotopic (exact) mass is 560 g/mol. The molecule has 0 radical (unpaired) electrons. The van der Waals surface area contributed by atoms with E-state index < -0.39 is 0 Å². The fourth-order valence-corrected chi connectivity index (χ4v) is 7.91. The van der Waals surface area contributed by atoms with Crippen molar-refractivity contribution in [3.05, 3.63) is 0 Å². The summed E-state index contributed by atoms with van der Waals surface area (Å²) in [7, 11) is 1.43. The minimum absolute atomic E-state index is 0.0436. The molecule has 0 unspecified atom stereocenters. The van der Waals surface area contributed by atoms with Crippen molar-refractivity contribution in [2.45, 2.75) is 116 Å². The van der Waals surface area contributed by atoms with E-state index in [1.54, 1.807) is 0 Å². The molecule has 0 spiro atoms. The third-order valence-corrected chi connectivity index (χ3v) is 10.9. The van der Waals surface area contributed by atoms with Gasteiger partial charge in [-0.15, -0.1) is 0 Å². The van der Waals surface area contributed by atoms with Gasteiger partial charge in [-0.25, -0.2) is 0 Å². The molecule has 7 heteroatoms. The Bertz CT molecular complexity index is 837. The van der Waals surface area contributed by atoms with Gasteiger partial charge in [0.1, 0.15) is 11.6 Å². The third kappa shape index (κ3) is 8.87. The lowest BCUT2D eigenvalue weighted by Gasteiger charge is -2.31. The summed E-state index contributed by atoms with van der Waals surface area (Å²) in [5, 5.41) is 9.32. The van der Waals surface area contributed by atoms with Crippen LogP contribution in [0.15, 0.2) is 0 Å². The fraction of sp³-hybridized carbons (Fsp3) is 0.879. The number of hydrogen-bond donors (Lipinski definition) is 1. The Balaban J connectivity index is 1.07. The van der Waals surface area contributed by atoms with Crippen LogP contribution < -0.4 is 0 Å². The normalized spacial score (nSPS) is 35.0. The van der Waals surface area contributed by atoms with Gasteiger partial charge in [-0.3, -0.25) is 19.2 Å². The van der Waals surface area contributed by atoms with E-state index in [1.807, 2.05) is 0 Å². The molecule has 0 aromatic rings. The topological polar surface area (TPSA) is 107 Å². The zero-order chi connectivity index (χ0) is 28.5. The third-order valence-electron chi connectivity index (χ3n) is 10.9. The van der Waals surface area contributed by atoms with Crippen molar-refractivity contribution in [1.29, 1.82) is 0 Å². The smallest absolute Gasteiger partial charge is 0.308 e. The van der Waals surface area contributed by atoms with E-state index in [4.69, 9.17) is 9.47 Å². The number of carbonyl (C=O) groups excluding carboxylic acids is 4. The molecule has 0 bridgehead atoms. The highest BCUT2D eigenvalue weighted by molar-refractivity contribution is 5.82. The first-order valence-electron chi connectivity index (χ1n) is 16.3. The van der Waals surface area contributed by atoms with Crippen LogP contribution in [0.2, 0.25) is 0 Å². The van der Waals surface area contributed by atoms with E-state index in [9.17, 15) is 24.3 Å². The van der Waals surface area contributed by atoms with Crippen molar-refractivity contribution in [2.24, 2.45) is 47.3 Å². The van der Waals surface area contributed by atoms with Gasteiger partial charge in [0.25, 0.3) is 0 Å². The van der Waals surface area contributed by atoms with Crippen molar-refractivity contribution < 1.29 is 33.8 Å². The number of aliphatic hydroxyl groups excluding tert-OH is 1. The molecule has 0 amide bonds. The molecule has 4 rings (SSSR count). The van der Waals surface area contributed by atoms with Crippen molar-refractivity contribution >= 4 is 23.5 Å². The lowest BCUT2D eigenvalue weighted by molar-refractivity contribution is -0.152. The Morgan fingerprint density at radius 2 is 0.900 bits per heavy atom. The SMILES string of the molecule is COC(=O)C1CCC(C(=O)CC2CCC(COC(=O)C3CCC(C(=O)CC4CCC(CO)CC4)CC3)CC2)CC1. The summed E-state index contributed by atoms with van der Waals surface area (Å²) in [5.41, 5.74) is 0. The zero-order valence-electron chi connectivity index (χ0n) is 24.7. The highest BCUT2D eigenvalue weighted by Gasteiger charge is 2.34. The van der Waals surface area contributed by atoms with E-state index in [0.717, 1.165) is 103 Å². The van der Waals surface area contributed by atoms with Gasteiger partial charge in [0, 0.05) is 31.3 Å². The van der Waals surface area contributed by atoms with Crippen molar-refractivity contribution in [3.63, 3.8) is 0 Å². The molecule has 0 atom stereocenters. The summed E-state index contributed by atoms with van der Waals surface area (Å²) in [4.78, 5) is 50.2. The molecule has 4 aliphatic rings. The van der Waals surface area contributed by atoms with Gasteiger partial charge in [0.15, 0.2) is 0 Å². The molecule has 1 N–H and O–H groups in total. The maximum atomic E-state index is 12.9. The number of hydrogen-bond acceptors (Lipinski definition) is 7. The van der Waals surface area contributed by atoms with E-state index >= 15 is 0 Å². The first-order valence-corrected chi connectivity index (χ1v) is 16.3. The Kier molecular flexibility index (Phi) is 12.1. The number of ether oxygens (including phenoxy) is 2. The predicted molar refractivity (Wildman–Crippen MR) is 151 cm³/mol.